The summed E-state index contributed by atoms with van der Waals surface area (Å²) < 4.78 is 0. The van der Waals surface area contributed by atoms with Crippen LogP contribution in [0.3, 0.4) is 0 Å². The lowest BCUT2D eigenvalue weighted by atomic mass is 10.0. The SMILES string of the molecule is Cc1ccc(CC(=O)c2ccc3nc(C)ccc3c2)cc1. The average Bonchev–Trinajstić information content (AvgIpc) is 2.49. The molecular formula is C19H17NO. The first-order valence-corrected chi connectivity index (χ1v) is 7.08. The maximum atomic E-state index is 12.4. The first-order valence-electron chi connectivity index (χ1n) is 7.08. The van der Waals surface area contributed by atoms with Crippen molar-refractivity contribution >= 4 is 16.7 Å². The zero-order valence-electron chi connectivity index (χ0n) is 12.3. The Morgan fingerprint density at radius 1 is 0.952 bits per heavy atom. The van der Waals surface area contributed by atoms with Gasteiger partial charge in [-0.15, -0.1) is 0 Å². The molecule has 0 unspecified atom stereocenters. The van der Waals surface area contributed by atoms with E-state index in [0.717, 1.165) is 27.7 Å². The molecular weight excluding hydrogens is 258 g/mol. The molecule has 3 aromatic rings. The van der Waals surface area contributed by atoms with Crippen LogP contribution in [-0.4, -0.2) is 10.8 Å². The highest BCUT2D eigenvalue weighted by Crippen LogP contribution is 2.16. The summed E-state index contributed by atoms with van der Waals surface area (Å²) in [5.41, 5.74) is 4.92. The van der Waals surface area contributed by atoms with Gasteiger partial charge in [0.05, 0.1) is 5.52 Å². The van der Waals surface area contributed by atoms with Crippen LogP contribution in [0.25, 0.3) is 10.9 Å². The van der Waals surface area contributed by atoms with Gasteiger partial charge in [-0.25, -0.2) is 0 Å². The van der Waals surface area contributed by atoms with Gasteiger partial charge in [-0.05, 0) is 43.7 Å². The van der Waals surface area contributed by atoms with Gasteiger partial charge in [-0.3, -0.25) is 9.78 Å². The molecule has 0 spiro atoms. The van der Waals surface area contributed by atoms with E-state index >= 15 is 0 Å². The van der Waals surface area contributed by atoms with Crippen molar-refractivity contribution in [2.45, 2.75) is 20.3 Å². The molecule has 0 atom stereocenters. The predicted molar refractivity (Wildman–Crippen MR) is 85.7 cm³/mol. The lowest BCUT2D eigenvalue weighted by Gasteiger charge is -2.04. The zero-order chi connectivity index (χ0) is 14.8. The molecule has 0 aliphatic heterocycles. The number of nitrogens with zero attached hydrogens (tertiary/aromatic N) is 1. The lowest BCUT2D eigenvalue weighted by molar-refractivity contribution is 0.0993. The molecule has 3 rings (SSSR count). The maximum Gasteiger partial charge on any atom is 0.167 e. The van der Waals surface area contributed by atoms with Crippen LogP contribution in [0.5, 0.6) is 0 Å². The summed E-state index contributed by atoms with van der Waals surface area (Å²) in [5, 5.41) is 1.01. The molecule has 0 saturated carbocycles. The number of aromatic nitrogens is 1. The van der Waals surface area contributed by atoms with Crippen LogP contribution in [0.15, 0.2) is 54.6 Å². The van der Waals surface area contributed by atoms with Crippen molar-refractivity contribution < 1.29 is 4.79 Å². The summed E-state index contributed by atoms with van der Waals surface area (Å²) in [6, 6.07) is 17.8. The van der Waals surface area contributed by atoms with E-state index in [0.29, 0.717) is 6.42 Å². The number of rotatable bonds is 3. The summed E-state index contributed by atoms with van der Waals surface area (Å²) in [4.78, 5) is 16.8. The van der Waals surface area contributed by atoms with Crippen LogP contribution in [0.2, 0.25) is 0 Å². The minimum absolute atomic E-state index is 0.140. The van der Waals surface area contributed by atoms with Gasteiger partial charge in [0.2, 0.25) is 0 Å². The Kier molecular flexibility index (Phi) is 3.53. The van der Waals surface area contributed by atoms with E-state index in [1.54, 1.807) is 0 Å². The number of carbonyl (C=O) groups excluding carboxylic acids is 1. The van der Waals surface area contributed by atoms with Crippen molar-refractivity contribution in [3.63, 3.8) is 0 Å². The molecule has 104 valence electrons. The molecule has 1 aromatic heterocycles. The highest BCUT2D eigenvalue weighted by atomic mass is 16.1. The summed E-state index contributed by atoms with van der Waals surface area (Å²) >= 11 is 0. The Bertz CT molecular complexity index is 803. The van der Waals surface area contributed by atoms with Crippen molar-refractivity contribution in [3.8, 4) is 0 Å². The van der Waals surface area contributed by atoms with E-state index in [1.807, 2.05) is 68.4 Å². The topological polar surface area (TPSA) is 30.0 Å². The normalized spacial score (nSPS) is 10.8. The third-order valence-electron chi connectivity index (χ3n) is 3.64. The Morgan fingerprint density at radius 2 is 1.71 bits per heavy atom. The van der Waals surface area contributed by atoms with Crippen molar-refractivity contribution in [3.05, 3.63) is 77.0 Å². The smallest absolute Gasteiger partial charge is 0.167 e. The number of pyridine rings is 1. The molecule has 0 N–H and O–H groups in total. The van der Waals surface area contributed by atoms with E-state index in [4.69, 9.17) is 0 Å². The van der Waals surface area contributed by atoms with Crippen LogP contribution in [0.1, 0.15) is 27.2 Å². The van der Waals surface area contributed by atoms with Crippen LogP contribution < -0.4 is 0 Å². The van der Waals surface area contributed by atoms with Crippen LogP contribution >= 0.6 is 0 Å². The monoisotopic (exact) mass is 275 g/mol. The molecule has 0 aliphatic carbocycles. The van der Waals surface area contributed by atoms with Gasteiger partial charge in [0, 0.05) is 23.1 Å². The number of hydrogen-bond acceptors (Lipinski definition) is 2. The third-order valence-corrected chi connectivity index (χ3v) is 3.64. The number of ketones is 1. The molecule has 1 heterocycles. The molecule has 0 saturated heterocycles. The molecule has 2 heteroatoms. The van der Waals surface area contributed by atoms with Gasteiger partial charge in [-0.1, -0.05) is 35.9 Å². The van der Waals surface area contributed by atoms with Gasteiger partial charge < -0.3 is 0 Å². The van der Waals surface area contributed by atoms with E-state index in [9.17, 15) is 4.79 Å². The van der Waals surface area contributed by atoms with Gasteiger partial charge in [0.25, 0.3) is 0 Å². The molecule has 0 amide bonds. The molecule has 2 nitrogen and oxygen atoms in total. The molecule has 0 fully saturated rings. The van der Waals surface area contributed by atoms with Gasteiger partial charge >= 0.3 is 0 Å². The molecule has 2 aromatic carbocycles. The predicted octanol–water partition coefficient (Wildman–Crippen LogP) is 4.28. The lowest BCUT2D eigenvalue weighted by Crippen LogP contribution is -2.03. The number of hydrogen-bond donors (Lipinski definition) is 0. The Labute approximate surface area is 124 Å². The summed E-state index contributed by atoms with van der Waals surface area (Å²) in [5.74, 6) is 0.140. The first-order chi connectivity index (χ1) is 10.1. The van der Waals surface area contributed by atoms with Crippen LogP contribution in [0, 0.1) is 13.8 Å². The maximum absolute atomic E-state index is 12.4. The second-order valence-corrected chi connectivity index (χ2v) is 5.45. The second-order valence-electron chi connectivity index (χ2n) is 5.45. The fraction of sp³-hybridized carbons (Fsp3) is 0.158. The summed E-state index contributed by atoms with van der Waals surface area (Å²) in [6.07, 6.45) is 0.436. The summed E-state index contributed by atoms with van der Waals surface area (Å²) in [6.45, 7) is 4.01. The Hall–Kier alpha value is -2.48. The number of carbonyl (C=O) groups is 1. The van der Waals surface area contributed by atoms with E-state index < -0.39 is 0 Å². The minimum atomic E-state index is 0.140. The van der Waals surface area contributed by atoms with Gasteiger partial charge in [-0.2, -0.15) is 0 Å². The highest BCUT2D eigenvalue weighted by Gasteiger charge is 2.08. The molecule has 0 bridgehead atoms. The summed E-state index contributed by atoms with van der Waals surface area (Å²) in [7, 11) is 0. The Balaban J connectivity index is 1.87. The standard InChI is InChI=1S/C19H17NO/c1-13-3-6-15(7-4-13)11-19(21)17-9-10-18-16(12-17)8-5-14(2)20-18/h3-10,12H,11H2,1-2H3. The highest BCUT2D eigenvalue weighted by molar-refractivity contribution is 6.00. The minimum Gasteiger partial charge on any atom is -0.294 e. The number of Topliss-reactive ketones (excluding diaryl/α,β-unsaturated/α-hetero) is 1. The number of benzene rings is 2. The average molecular weight is 275 g/mol. The van der Waals surface area contributed by atoms with Gasteiger partial charge in [0.15, 0.2) is 5.78 Å². The quantitative estimate of drug-likeness (QED) is 0.668. The van der Waals surface area contributed by atoms with Crippen molar-refractivity contribution in [1.82, 2.24) is 4.98 Å². The first kappa shape index (κ1) is 13.5. The fourth-order valence-corrected chi connectivity index (χ4v) is 2.39. The molecule has 21 heavy (non-hydrogen) atoms. The number of fused-ring (bicyclic) bond motifs is 1. The number of aryl methyl sites for hydroxylation is 2. The van der Waals surface area contributed by atoms with Crippen molar-refractivity contribution in [2.24, 2.45) is 0 Å². The van der Waals surface area contributed by atoms with Crippen molar-refractivity contribution in [1.29, 1.82) is 0 Å². The largest absolute Gasteiger partial charge is 0.294 e. The molecule has 0 aliphatic rings. The van der Waals surface area contributed by atoms with Gasteiger partial charge in [0.1, 0.15) is 0 Å². The third kappa shape index (κ3) is 3.00. The van der Waals surface area contributed by atoms with Crippen molar-refractivity contribution in [2.75, 3.05) is 0 Å². The second kappa shape index (κ2) is 5.49. The zero-order valence-corrected chi connectivity index (χ0v) is 12.3. The van der Waals surface area contributed by atoms with Crippen LogP contribution in [0.4, 0.5) is 0 Å². The van der Waals surface area contributed by atoms with Crippen LogP contribution in [-0.2, 0) is 6.42 Å². The molecule has 0 radical (unpaired) electrons. The van der Waals surface area contributed by atoms with E-state index in [2.05, 4.69) is 4.98 Å². The van der Waals surface area contributed by atoms with E-state index in [-0.39, 0.29) is 5.78 Å². The fourth-order valence-electron chi connectivity index (χ4n) is 2.39. The van der Waals surface area contributed by atoms with E-state index in [1.165, 1.54) is 5.56 Å². The Morgan fingerprint density at radius 3 is 2.48 bits per heavy atom.